The van der Waals surface area contributed by atoms with E-state index in [-0.39, 0.29) is 21.4 Å². The van der Waals surface area contributed by atoms with Gasteiger partial charge in [0.15, 0.2) is 0 Å². The van der Waals surface area contributed by atoms with Crippen LogP contribution in [0.15, 0.2) is 95.7 Å². The highest BCUT2D eigenvalue weighted by molar-refractivity contribution is 6.54. The van der Waals surface area contributed by atoms with E-state index < -0.39 is 17.8 Å². The number of rotatable bonds is 5. The molecular weight excluding hydrogens is 523 g/mol. The number of esters is 1. The van der Waals surface area contributed by atoms with E-state index >= 15 is 0 Å². The molecule has 4 aromatic carbocycles. The molecule has 2 amide bonds. The van der Waals surface area contributed by atoms with Gasteiger partial charge in [0.25, 0.3) is 11.8 Å². The number of carbonyl (C=O) groups excluding carboxylic acids is 3. The fourth-order valence-corrected chi connectivity index (χ4v) is 4.35. The lowest BCUT2D eigenvalue weighted by molar-refractivity contribution is -0.120. The van der Waals surface area contributed by atoms with Gasteiger partial charge in [0.2, 0.25) is 0 Å². The molecule has 36 heavy (non-hydrogen) atoms. The number of nitrogens with zero attached hydrogens (tertiary/aromatic N) is 1. The van der Waals surface area contributed by atoms with E-state index in [0.29, 0.717) is 22.0 Å². The number of hydrogen-bond acceptors (Lipinski definition) is 5. The van der Waals surface area contributed by atoms with E-state index in [4.69, 9.17) is 39.5 Å². The standard InChI is InChI=1S/C27H15Cl3N2O4/c28-17-10-13-20(29)21(14-17)32-25(33)23(30)24(26(32)34)31-18-11-8-16(9-12-18)27(35)36-22-7-3-5-15-4-1-2-6-19(15)22/h1-14,31H. The minimum atomic E-state index is -0.733. The van der Waals surface area contributed by atoms with Gasteiger partial charge >= 0.3 is 5.97 Å². The summed E-state index contributed by atoms with van der Waals surface area (Å²) in [6.45, 7) is 0. The van der Waals surface area contributed by atoms with Crippen molar-refractivity contribution in [2.75, 3.05) is 10.2 Å². The number of fused-ring (bicyclic) bond motifs is 1. The van der Waals surface area contributed by atoms with Crippen molar-refractivity contribution in [1.29, 1.82) is 0 Å². The van der Waals surface area contributed by atoms with Crippen LogP contribution in [0.25, 0.3) is 10.8 Å². The number of anilines is 2. The molecule has 5 rings (SSSR count). The summed E-state index contributed by atoms with van der Waals surface area (Å²) in [5, 5.41) is 4.80. The van der Waals surface area contributed by atoms with E-state index in [2.05, 4.69) is 5.32 Å². The molecule has 0 atom stereocenters. The van der Waals surface area contributed by atoms with Gasteiger partial charge in [-0.3, -0.25) is 9.59 Å². The number of halogens is 3. The Balaban J connectivity index is 1.33. The number of hydrogen-bond donors (Lipinski definition) is 1. The Morgan fingerprint density at radius 2 is 1.53 bits per heavy atom. The van der Waals surface area contributed by atoms with Crippen LogP contribution in [0.4, 0.5) is 11.4 Å². The first-order valence-corrected chi connectivity index (χ1v) is 11.8. The smallest absolute Gasteiger partial charge is 0.343 e. The predicted octanol–water partition coefficient (Wildman–Crippen LogP) is 6.80. The van der Waals surface area contributed by atoms with Crippen molar-refractivity contribution < 1.29 is 19.1 Å². The average Bonchev–Trinajstić information content (AvgIpc) is 3.09. The molecule has 1 N–H and O–H groups in total. The van der Waals surface area contributed by atoms with Crippen molar-refractivity contribution in [3.8, 4) is 5.75 Å². The first-order chi connectivity index (χ1) is 17.3. The second-order valence-electron chi connectivity index (χ2n) is 7.80. The molecule has 0 fully saturated rings. The molecule has 0 spiro atoms. The highest BCUT2D eigenvalue weighted by Gasteiger charge is 2.40. The van der Waals surface area contributed by atoms with E-state index in [1.807, 2.05) is 36.4 Å². The number of benzene rings is 4. The van der Waals surface area contributed by atoms with Crippen LogP contribution < -0.4 is 15.0 Å². The van der Waals surface area contributed by atoms with Crippen LogP contribution in [0.1, 0.15) is 10.4 Å². The maximum Gasteiger partial charge on any atom is 0.343 e. The Labute approximate surface area is 220 Å². The zero-order chi connectivity index (χ0) is 25.4. The summed E-state index contributed by atoms with van der Waals surface area (Å²) in [4.78, 5) is 39.3. The number of ether oxygens (including phenoxy) is 1. The highest BCUT2D eigenvalue weighted by atomic mass is 35.5. The molecule has 0 saturated heterocycles. The third-order valence-electron chi connectivity index (χ3n) is 5.52. The van der Waals surface area contributed by atoms with Gasteiger partial charge in [0, 0.05) is 16.1 Å². The summed E-state index contributed by atoms with van der Waals surface area (Å²) in [5.41, 5.74) is 0.740. The van der Waals surface area contributed by atoms with Crippen LogP contribution in [-0.2, 0) is 9.59 Å². The van der Waals surface area contributed by atoms with Crippen molar-refractivity contribution in [1.82, 2.24) is 0 Å². The molecule has 1 heterocycles. The van der Waals surface area contributed by atoms with Crippen molar-refractivity contribution >= 4 is 74.7 Å². The maximum absolute atomic E-state index is 13.0. The monoisotopic (exact) mass is 536 g/mol. The Bertz CT molecular complexity index is 1580. The molecule has 4 aromatic rings. The zero-order valence-corrected chi connectivity index (χ0v) is 20.6. The summed E-state index contributed by atoms with van der Waals surface area (Å²) in [6.07, 6.45) is 0. The van der Waals surface area contributed by atoms with E-state index in [9.17, 15) is 14.4 Å². The summed E-state index contributed by atoms with van der Waals surface area (Å²) in [7, 11) is 0. The summed E-state index contributed by atoms with van der Waals surface area (Å²) in [6, 6.07) is 23.7. The van der Waals surface area contributed by atoms with Gasteiger partial charge in [-0.1, -0.05) is 71.2 Å². The van der Waals surface area contributed by atoms with Crippen molar-refractivity contribution in [2.24, 2.45) is 0 Å². The predicted molar refractivity (Wildman–Crippen MR) is 141 cm³/mol. The molecule has 0 radical (unpaired) electrons. The quantitative estimate of drug-likeness (QED) is 0.172. The van der Waals surface area contributed by atoms with Gasteiger partial charge in [0.1, 0.15) is 16.5 Å². The first-order valence-electron chi connectivity index (χ1n) is 10.6. The minimum Gasteiger partial charge on any atom is -0.422 e. The molecule has 0 aliphatic carbocycles. The Morgan fingerprint density at radius 1 is 0.806 bits per heavy atom. The third-order valence-corrected chi connectivity index (χ3v) is 6.42. The van der Waals surface area contributed by atoms with Crippen molar-refractivity contribution in [3.63, 3.8) is 0 Å². The lowest BCUT2D eigenvalue weighted by Crippen LogP contribution is -2.32. The number of carbonyl (C=O) groups is 3. The van der Waals surface area contributed by atoms with E-state index in [1.165, 1.54) is 24.3 Å². The van der Waals surface area contributed by atoms with E-state index in [1.54, 1.807) is 24.3 Å². The van der Waals surface area contributed by atoms with Gasteiger partial charge in [0.05, 0.1) is 16.3 Å². The molecule has 1 aliphatic rings. The van der Waals surface area contributed by atoms with Crippen molar-refractivity contribution in [3.05, 3.63) is 111 Å². The Kier molecular flexibility index (Phi) is 6.41. The van der Waals surface area contributed by atoms with Crippen LogP contribution in [0.3, 0.4) is 0 Å². The van der Waals surface area contributed by atoms with Crippen LogP contribution >= 0.6 is 34.8 Å². The molecule has 9 heteroatoms. The van der Waals surface area contributed by atoms with Gasteiger partial charge in [-0.25, -0.2) is 9.69 Å². The van der Waals surface area contributed by atoms with Crippen molar-refractivity contribution in [2.45, 2.75) is 0 Å². The summed E-state index contributed by atoms with van der Waals surface area (Å²) < 4.78 is 5.60. The number of amides is 2. The lowest BCUT2D eigenvalue weighted by Gasteiger charge is -2.17. The van der Waals surface area contributed by atoms with Gasteiger partial charge < -0.3 is 10.1 Å². The Morgan fingerprint density at radius 3 is 2.31 bits per heavy atom. The Hall–Kier alpha value is -3.84. The summed E-state index contributed by atoms with van der Waals surface area (Å²) in [5.74, 6) is -1.51. The second-order valence-corrected chi connectivity index (χ2v) is 9.02. The molecule has 0 saturated carbocycles. The molecule has 0 bridgehead atoms. The van der Waals surface area contributed by atoms with Crippen LogP contribution in [-0.4, -0.2) is 17.8 Å². The molecule has 178 valence electrons. The normalized spacial score (nSPS) is 13.5. The van der Waals surface area contributed by atoms with E-state index in [0.717, 1.165) is 15.7 Å². The zero-order valence-electron chi connectivity index (χ0n) is 18.3. The second kappa shape index (κ2) is 9.66. The lowest BCUT2D eigenvalue weighted by atomic mass is 10.1. The SMILES string of the molecule is O=C(Oc1cccc2ccccc12)c1ccc(NC2=C(Cl)C(=O)N(c3cc(Cl)ccc3Cl)C2=O)cc1. The highest BCUT2D eigenvalue weighted by Crippen LogP contribution is 2.36. The fourth-order valence-electron chi connectivity index (χ4n) is 3.76. The third kappa shape index (κ3) is 4.42. The van der Waals surface area contributed by atoms with Crippen LogP contribution in [0, 0.1) is 0 Å². The minimum absolute atomic E-state index is 0.121. The fraction of sp³-hybridized carbons (Fsp3) is 0. The molecule has 1 aliphatic heterocycles. The molecular formula is C27H15Cl3N2O4. The molecule has 0 aromatic heterocycles. The number of nitrogens with one attached hydrogen (secondary N) is 1. The maximum atomic E-state index is 13.0. The largest absolute Gasteiger partial charge is 0.422 e. The molecule has 0 unspecified atom stereocenters. The average molecular weight is 538 g/mol. The van der Waals surface area contributed by atoms with Crippen LogP contribution in [0.2, 0.25) is 10.0 Å². The van der Waals surface area contributed by atoms with Gasteiger partial charge in [-0.05, 0) is 53.9 Å². The van der Waals surface area contributed by atoms with Gasteiger partial charge in [-0.2, -0.15) is 0 Å². The summed E-state index contributed by atoms with van der Waals surface area (Å²) >= 11 is 18.4. The number of imide groups is 1. The van der Waals surface area contributed by atoms with Gasteiger partial charge in [-0.15, -0.1) is 0 Å². The molecule has 6 nitrogen and oxygen atoms in total. The first kappa shape index (κ1) is 23.9. The van der Waals surface area contributed by atoms with Crippen LogP contribution in [0.5, 0.6) is 5.75 Å². The topological polar surface area (TPSA) is 75.7 Å².